The minimum atomic E-state index is -0.561. The fourth-order valence-electron chi connectivity index (χ4n) is 5.15. The van der Waals surface area contributed by atoms with Crippen molar-refractivity contribution in [2.24, 2.45) is 0 Å². The van der Waals surface area contributed by atoms with Crippen LogP contribution in [0.2, 0.25) is 0 Å². The molecule has 0 saturated heterocycles. The summed E-state index contributed by atoms with van der Waals surface area (Å²) in [4.78, 5) is 20.1. The first kappa shape index (κ1) is 19.5. The van der Waals surface area contributed by atoms with E-state index in [4.69, 9.17) is 29.4 Å². The van der Waals surface area contributed by atoms with Crippen molar-refractivity contribution < 1.29 is 9.47 Å². The largest absolute Gasteiger partial charge is 0.479 e. The molecule has 0 N–H and O–H groups in total. The highest BCUT2D eigenvalue weighted by Crippen LogP contribution is 2.50. The van der Waals surface area contributed by atoms with Crippen LogP contribution < -0.4 is 9.47 Å². The molecule has 6 aromatic rings. The average Bonchev–Trinajstić information content (AvgIpc) is 2.94. The first-order valence-electron chi connectivity index (χ1n) is 11.9. The fraction of sp³-hybridized carbons (Fsp3) is 0.0667. The lowest BCUT2D eigenvalue weighted by atomic mass is 9.93. The van der Waals surface area contributed by atoms with Gasteiger partial charge in [-0.15, -0.1) is 0 Å². The van der Waals surface area contributed by atoms with Gasteiger partial charge in [0.2, 0.25) is 0 Å². The summed E-state index contributed by atoms with van der Waals surface area (Å²) in [5.74, 6) is 1.50. The molecular formula is C30H18N4O2. The number of hydrogen-bond acceptors (Lipinski definition) is 6. The van der Waals surface area contributed by atoms with Crippen molar-refractivity contribution in [2.45, 2.75) is 12.2 Å². The van der Waals surface area contributed by atoms with Crippen LogP contribution in [-0.4, -0.2) is 19.9 Å². The number of fused-ring (bicyclic) bond motifs is 8. The molecule has 2 aliphatic rings. The monoisotopic (exact) mass is 466 g/mol. The Hall–Kier alpha value is -4.84. The van der Waals surface area contributed by atoms with Gasteiger partial charge in [-0.05, 0) is 48.5 Å². The van der Waals surface area contributed by atoms with Crippen LogP contribution in [0.25, 0.3) is 44.6 Å². The Morgan fingerprint density at radius 1 is 0.417 bits per heavy atom. The molecule has 2 unspecified atom stereocenters. The average molecular weight is 467 g/mol. The summed E-state index contributed by atoms with van der Waals surface area (Å²) in [5, 5.41) is 0. The highest BCUT2D eigenvalue weighted by Gasteiger charge is 2.42. The van der Waals surface area contributed by atoms with Gasteiger partial charge in [0.15, 0.2) is 12.2 Å². The number of benzene rings is 4. The molecule has 6 heteroatoms. The zero-order valence-electron chi connectivity index (χ0n) is 19.0. The lowest BCUT2D eigenvalue weighted by Crippen LogP contribution is -2.30. The minimum absolute atomic E-state index is 0.561. The third-order valence-corrected chi connectivity index (χ3v) is 6.80. The van der Waals surface area contributed by atoms with Gasteiger partial charge in [-0.1, -0.05) is 48.5 Å². The SMILES string of the molecule is c1ccc2c(c1)OC(C1Oc3ccccc3-c3nc4ccccc4nc31)c1nc3ccccc3nc1-2. The molecule has 170 valence electrons. The highest BCUT2D eigenvalue weighted by molar-refractivity contribution is 5.83. The molecule has 36 heavy (non-hydrogen) atoms. The van der Waals surface area contributed by atoms with E-state index in [0.29, 0.717) is 0 Å². The second-order valence-electron chi connectivity index (χ2n) is 8.96. The van der Waals surface area contributed by atoms with Gasteiger partial charge >= 0.3 is 0 Å². The molecule has 4 aromatic carbocycles. The Balaban J connectivity index is 1.39. The Labute approximate surface area is 206 Å². The van der Waals surface area contributed by atoms with E-state index in [9.17, 15) is 0 Å². The van der Waals surface area contributed by atoms with Crippen LogP contribution in [0.15, 0.2) is 97.1 Å². The van der Waals surface area contributed by atoms with Crippen LogP contribution in [0, 0.1) is 0 Å². The minimum Gasteiger partial charge on any atom is -0.479 e. The molecule has 2 aromatic heterocycles. The molecule has 4 heterocycles. The topological polar surface area (TPSA) is 70.0 Å². The van der Waals surface area contributed by atoms with Crippen LogP contribution in [0.1, 0.15) is 23.6 Å². The van der Waals surface area contributed by atoms with Crippen molar-refractivity contribution in [3.63, 3.8) is 0 Å². The van der Waals surface area contributed by atoms with Gasteiger partial charge in [0.25, 0.3) is 0 Å². The number of aromatic nitrogens is 4. The van der Waals surface area contributed by atoms with Crippen LogP contribution in [0.5, 0.6) is 11.5 Å². The number of nitrogens with zero attached hydrogens (tertiary/aromatic N) is 4. The van der Waals surface area contributed by atoms with Gasteiger partial charge in [-0.3, -0.25) is 0 Å². The van der Waals surface area contributed by atoms with E-state index in [1.165, 1.54) is 0 Å². The molecule has 0 radical (unpaired) electrons. The standard InChI is InChI=1S/C30H18N4O2/c1-7-15-23-17(9-1)25-27(33-21-13-5-3-11-19(21)31-25)29(35-23)30-28-26(18-10-2-8-16-24(18)36-30)32-20-12-4-6-14-22(20)34-28/h1-16,29-30H. The number of para-hydroxylation sites is 6. The van der Waals surface area contributed by atoms with Crippen LogP contribution in [0.3, 0.4) is 0 Å². The first-order chi connectivity index (χ1) is 17.8. The van der Waals surface area contributed by atoms with E-state index in [1.54, 1.807) is 0 Å². The molecule has 6 nitrogen and oxygen atoms in total. The third kappa shape index (κ3) is 2.78. The predicted octanol–water partition coefficient (Wildman–Crippen LogP) is 6.47. The summed E-state index contributed by atoms with van der Waals surface area (Å²) < 4.78 is 13.3. The molecule has 8 rings (SSSR count). The summed E-state index contributed by atoms with van der Waals surface area (Å²) in [6.45, 7) is 0. The summed E-state index contributed by atoms with van der Waals surface area (Å²) in [6, 6.07) is 31.7. The van der Waals surface area contributed by atoms with Crippen LogP contribution in [-0.2, 0) is 0 Å². The van der Waals surface area contributed by atoms with Gasteiger partial charge in [0.1, 0.15) is 34.3 Å². The molecule has 0 bridgehead atoms. The highest BCUT2D eigenvalue weighted by atomic mass is 16.5. The molecule has 0 fully saturated rings. The van der Waals surface area contributed by atoms with E-state index < -0.39 is 12.2 Å². The smallest absolute Gasteiger partial charge is 0.185 e. The maximum absolute atomic E-state index is 6.64. The Morgan fingerprint density at radius 2 is 0.778 bits per heavy atom. The second-order valence-corrected chi connectivity index (χ2v) is 8.96. The van der Waals surface area contributed by atoms with E-state index in [-0.39, 0.29) is 0 Å². The quantitative estimate of drug-likeness (QED) is 0.276. The van der Waals surface area contributed by atoms with Gasteiger partial charge in [0.05, 0.1) is 22.1 Å². The third-order valence-electron chi connectivity index (χ3n) is 6.80. The van der Waals surface area contributed by atoms with Crippen molar-refractivity contribution >= 4 is 22.1 Å². The van der Waals surface area contributed by atoms with Gasteiger partial charge in [-0.25, -0.2) is 19.9 Å². The Kier molecular flexibility index (Phi) is 3.96. The predicted molar refractivity (Wildman–Crippen MR) is 137 cm³/mol. The molecular weight excluding hydrogens is 448 g/mol. The van der Waals surface area contributed by atoms with Gasteiger partial charge in [-0.2, -0.15) is 0 Å². The van der Waals surface area contributed by atoms with Crippen molar-refractivity contribution in [3.8, 4) is 34.0 Å². The van der Waals surface area contributed by atoms with Crippen molar-refractivity contribution in [1.29, 1.82) is 0 Å². The number of ether oxygens (including phenoxy) is 2. The zero-order valence-corrected chi connectivity index (χ0v) is 19.0. The van der Waals surface area contributed by atoms with Crippen molar-refractivity contribution in [1.82, 2.24) is 19.9 Å². The second kappa shape index (κ2) is 7.33. The van der Waals surface area contributed by atoms with Crippen molar-refractivity contribution in [2.75, 3.05) is 0 Å². The molecule has 0 aliphatic carbocycles. The van der Waals surface area contributed by atoms with E-state index in [0.717, 1.165) is 67.5 Å². The van der Waals surface area contributed by atoms with Gasteiger partial charge in [0, 0.05) is 11.1 Å². The summed E-state index contributed by atoms with van der Waals surface area (Å²) >= 11 is 0. The maximum atomic E-state index is 6.64. The Morgan fingerprint density at radius 3 is 1.22 bits per heavy atom. The number of rotatable bonds is 1. The lowest BCUT2D eigenvalue weighted by Gasteiger charge is -2.35. The van der Waals surface area contributed by atoms with Crippen LogP contribution in [0.4, 0.5) is 0 Å². The molecule has 0 spiro atoms. The lowest BCUT2D eigenvalue weighted by molar-refractivity contribution is 0.0435. The van der Waals surface area contributed by atoms with E-state index >= 15 is 0 Å². The maximum Gasteiger partial charge on any atom is 0.185 e. The summed E-state index contributed by atoms with van der Waals surface area (Å²) in [6.07, 6.45) is -1.12. The van der Waals surface area contributed by atoms with Crippen LogP contribution >= 0.6 is 0 Å². The molecule has 2 atom stereocenters. The summed E-state index contributed by atoms with van der Waals surface area (Å²) in [5.41, 5.74) is 8.22. The molecule has 0 saturated carbocycles. The van der Waals surface area contributed by atoms with Gasteiger partial charge < -0.3 is 9.47 Å². The zero-order chi connectivity index (χ0) is 23.6. The number of hydrogen-bond donors (Lipinski definition) is 0. The van der Waals surface area contributed by atoms with E-state index in [2.05, 4.69) is 0 Å². The van der Waals surface area contributed by atoms with E-state index in [1.807, 2.05) is 97.1 Å². The normalized spacial score (nSPS) is 17.3. The summed E-state index contributed by atoms with van der Waals surface area (Å²) in [7, 11) is 0. The Bertz CT molecular complexity index is 1700. The molecule has 2 aliphatic heterocycles. The first-order valence-corrected chi connectivity index (χ1v) is 11.9. The molecule has 0 amide bonds. The van der Waals surface area contributed by atoms with Crippen molar-refractivity contribution in [3.05, 3.63) is 108 Å². The fourth-order valence-corrected chi connectivity index (χ4v) is 5.15.